The number of hydrogen-bond acceptors (Lipinski definition) is 5. The van der Waals surface area contributed by atoms with Crippen LogP contribution in [0.5, 0.6) is 5.75 Å². The molecule has 0 N–H and O–H groups in total. The van der Waals surface area contributed by atoms with Crippen LogP contribution in [0.1, 0.15) is 24.0 Å². The molecule has 1 aliphatic heterocycles. The molecule has 110 valence electrons. The van der Waals surface area contributed by atoms with Crippen LogP contribution >= 0.6 is 11.8 Å². The number of methoxy groups -OCH3 is 1. The largest absolute Gasteiger partial charge is 0.496 e. The van der Waals surface area contributed by atoms with E-state index >= 15 is 0 Å². The van der Waals surface area contributed by atoms with E-state index in [2.05, 4.69) is 17.0 Å². The predicted octanol–water partition coefficient (Wildman–Crippen LogP) is 2.79. The van der Waals surface area contributed by atoms with E-state index in [1.807, 2.05) is 18.4 Å². The van der Waals surface area contributed by atoms with Gasteiger partial charge >= 0.3 is 0 Å². The number of ether oxygens (including phenoxy) is 1. The molecule has 0 atom stereocenters. The summed E-state index contributed by atoms with van der Waals surface area (Å²) in [6.07, 6.45) is 3.77. The molecule has 4 nitrogen and oxygen atoms in total. The highest BCUT2D eigenvalue weighted by Gasteiger charge is 2.33. The fourth-order valence-corrected chi connectivity index (χ4v) is 3.33. The van der Waals surface area contributed by atoms with E-state index in [1.54, 1.807) is 24.9 Å². The fraction of sp³-hybridized carbons (Fsp3) is 0.500. The van der Waals surface area contributed by atoms with Gasteiger partial charge in [0.05, 0.1) is 24.8 Å². The molecule has 1 aromatic rings. The maximum absolute atomic E-state index is 9.32. The van der Waals surface area contributed by atoms with Gasteiger partial charge in [-0.25, -0.2) is 0 Å². The van der Waals surface area contributed by atoms with E-state index in [0.717, 1.165) is 43.8 Å². The highest BCUT2D eigenvalue weighted by molar-refractivity contribution is 8.00. The lowest BCUT2D eigenvalue weighted by atomic mass is 9.96. The second-order valence-corrected chi connectivity index (χ2v) is 6.41. The molecule has 0 unspecified atom stereocenters. The molecular weight excluding hydrogens is 282 g/mol. The summed E-state index contributed by atoms with van der Waals surface area (Å²) in [4.78, 5) is 2.32. The number of nitrogens with zero attached hydrogens (tertiary/aromatic N) is 3. The van der Waals surface area contributed by atoms with Gasteiger partial charge in [0.25, 0.3) is 0 Å². The lowest BCUT2D eigenvalue weighted by Crippen LogP contribution is -2.41. The molecule has 1 aromatic carbocycles. The maximum Gasteiger partial charge on any atom is 0.123 e. The highest BCUT2D eigenvalue weighted by atomic mass is 32.2. The molecule has 0 aliphatic carbocycles. The maximum atomic E-state index is 9.32. The van der Waals surface area contributed by atoms with Crippen molar-refractivity contribution in [3.05, 3.63) is 29.3 Å². The van der Waals surface area contributed by atoms with Crippen molar-refractivity contribution in [2.24, 2.45) is 0 Å². The average molecular weight is 301 g/mol. The van der Waals surface area contributed by atoms with Crippen molar-refractivity contribution in [3.8, 4) is 17.9 Å². The second kappa shape index (κ2) is 6.85. The van der Waals surface area contributed by atoms with Gasteiger partial charge < -0.3 is 4.74 Å². The third-order valence-corrected chi connectivity index (χ3v) is 5.34. The zero-order valence-corrected chi connectivity index (χ0v) is 13.2. The summed E-state index contributed by atoms with van der Waals surface area (Å²) in [6.45, 7) is 2.55. The van der Waals surface area contributed by atoms with Crippen LogP contribution in [0.25, 0.3) is 0 Å². The zero-order chi connectivity index (χ0) is 15.3. The van der Waals surface area contributed by atoms with Crippen molar-refractivity contribution in [2.45, 2.75) is 24.1 Å². The van der Waals surface area contributed by atoms with Crippen LogP contribution in [-0.4, -0.2) is 36.1 Å². The number of hydrogen-bond donors (Lipinski definition) is 0. The molecule has 0 aromatic heterocycles. The van der Waals surface area contributed by atoms with Crippen LogP contribution in [0, 0.1) is 22.7 Å². The first-order chi connectivity index (χ1) is 10.2. The number of rotatable bonds is 4. The van der Waals surface area contributed by atoms with Crippen LogP contribution in [0.4, 0.5) is 0 Å². The summed E-state index contributed by atoms with van der Waals surface area (Å²) in [5, 5.41) is 18.3. The Morgan fingerprint density at radius 2 is 2.05 bits per heavy atom. The normalized spacial score (nSPS) is 17.7. The molecule has 0 radical (unpaired) electrons. The minimum atomic E-state index is -0.227. The van der Waals surface area contributed by atoms with E-state index in [-0.39, 0.29) is 4.75 Å². The molecule has 21 heavy (non-hydrogen) atoms. The van der Waals surface area contributed by atoms with Crippen molar-refractivity contribution < 1.29 is 4.74 Å². The van der Waals surface area contributed by atoms with Gasteiger partial charge in [0.2, 0.25) is 0 Å². The van der Waals surface area contributed by atoms with Crippen molar-refractivity contribution in [1.29, 1.82) is 10.5 Å². The van der Waals surface area contributed by atoms with Gasteiger partial charge in [0.1, 0.15) is 10.5 Å². The van der Waals surface area contributed by atoms with Gasteiger partial charge in [-0.05, 0) is 37.3 Å². The molecule has 0 spiro atoms. The second-order valence-electron chi connectivity index (χ2n) is 5.22. The molecule has 1 heterocycles. The van der Waals surface area contributed by atoms with Gasteiger partial charge in [-0.1, -0.05) is 0 Å². The Kier molecular flexibility index (Phi) is 5.12. The van der Waals surface area contributed by atoms with E-state index in [1.165, 1.54) is 0 Å². The van der Waals surface area contributed by atoms with Crippen LogP contribution < -0.4 is 4.74 Å². The predicted molar refractivity (Wildman–Crippen MR) is 84.1 cm³/mol. The summed E-state index contributed by atoms with van der Waals surface area (Å²) < 4.78 is 5.15. The highest BCUT2D eigenvalue weighted by Crippen LogP contribution is 2.34. The van der Waals surface area contributed by atoms with Gasteiger partial charge in [-0.2, -0.15) is 10.5 Å². The van der Waals surface area contributed by atoms with Crippen LogP contribution in [-0.2, 0) is 6.54 Å². The number of nitriles is 2. The average Bonchev–Trinajstić information content (AvgIpc) is 2.55. The third kappa shape index (κ3) is 3.50. The van der Waals surface area contributed by atoms with Crippen LogP contribution in [0.15, 0.2) is 18.2 Å². The SMILES string of the molecule is COc1ccc(C#N)cc1CN1CCC(C#N)(SC)CC1. The van der Waals surface area contributed by atoms with Gasteiger partial charge in [-0.15, -0.1) is 11.8 Å². The number of benzene rings is 1. The molecule has 1 aliphatic rings. The Hall–Kier alpha value is -1.69. The quantitative estimate of drug-likeness (QED) is 0.856. The minimum Gasteiger partial charge on any atom is -0.496 e. The molecule has 1 saturated heterocycles. The van der Waals surface area contributed by atoms with E-state index in [0.29, 0.717) is 5.56 Å². The van der Waals surface area contributed by atoms with Crippen molar-refractivity contribution >= 4 is 11.8 Å². The molecular formula is C16H19N3OS. The topological polar surface area (TPSA) is 60.0 Å². The molecule has 2 rings (SSSR count). The van der Waals surface area contributed by atoms with Crippen molar-refractivity contribution in [1.82, 2.24) is 4.90 Å². The summed E-state index contributed by atoms with van der Waals surface area (Å²) in [5.74, 6) is 0.816. The zero-order valence-electron chi connectivity index (χ0n) is 12.4. The summed E-state index contributed by atoms with van der Waals surface area (Å²) in [7, 11) is 1.65. The summed E-state index contributed by atoms with van der Waals surface area (Å²) in [6, 6.07) is 10.1. The molecule has 0 saturated carbocycles. The standard InChI is InChI=1S/C16H19N3OS/c1-20-15-4-3-13(10-17)9-14(15)11-19-7-5-16(12-18,21-2)6-8-19/h3-4,9H,5-8,11H2,1-2H3. The fourth-order valence-electron chi connectivity index (χ4n) is 2.65. The lowest BCUT2D eigenvalue weighted by molar-refractivity contribution is 0.207. The monoisotopic (exact) mass is 301 g/mol. The van der Waals surface area contributed by atoms with Crippen molar-refractivity contribution in [2.75, 3.05) is 26.5 Å². The molecule has 0 amide bonds. The Morgan fingerprint density at radius 1 is 1.33 bits per heavy atom. The molecule has 5 heteroatoms. The van der Waals surface area contributed by atoms with E-state index < -0.39 is 0 Å². The Balaban J connectivity index is 2.07. The van der Waals surface area contributed by atoms with Crippen LogP contribution in [0.3, 0.4) is 0 Å². The number of piperidine rings is 1. The third-order valence-electron chi connectivity index (χ3n) is 4.06. The lowest BCUT2D eigenvalue weighted by Gasteiger charge is -2.36. The van der Waals surface area contributed by atoms with Gasteiger partial charge in [0, 0.05) is 25.2 Å². The first-order valence-electron chi connectivity index (χ1n) is 6.92. The van der Waals surface area contributed by atoms with Crippen molar-refractivity contribution in [3.63, 3.8) is 0 Å². The Labute approximate surface area is 130 Å². The smallest absolute Gasteiger partial charge is 0.123 e. The molecule has 1 fully saturated rings. The van der Waals surface area contributed by atoms with Gasteiger partial charge in [-0.3, -0.25) is 4.90 Å². The van der Waals surface area contributed by atoms with E-state index in [9.17, 15) is 5.26 Å². The Bertz CT molecular complexity index is 580. The summed E-state index contributed by atoms with van der Waals surface area (Å²) in [5.41, 5.74) is 1.68. The Morgan fingerprint density at radius 3 is 2.57 bits per heavy atom. The molecule has 0 bridgehead atoms. The van der Waals surface area contributed by atoms with Crippen LogP contribution in [0.2, 0.25) is 0 Å². The van der Waals surface area contributed by atoms with Gasteiger partial charge in [0.15, 0.2) is 0 Å². The first-order valence-corrected chi connectivity index (χ1v) is 8.14. The number of likely N-dealkylation sites (tertiary alicyclic amines) is 1. The summed E-state index contributed by atoms with van der Waals surface area (Å²) >= 11 is 1.66. The number of thioether (sulfide) groups is 1. The minimum absolute atomic E-state index is 0.227. The van der Waals surface area contributed by atoms with E-state index in [4.69, 9.17) is 10.00 Å². The first kappa shape index (κ1) is 15.7.